The molecule has 3 aromatic heterocycles. The van der Waals surface area contributed by atoms with Gasteiger partial charge in [-0.25, -0.2) is 18.7 Å². The first kappa shape index (κ1) is 16.4. The number of halogens is 2. The Balaban J connectivity index is 1.75. The van der Waals surface area contributed by atoms with Crippen molar-refractivity contribution >= 4 is 22.1 Å². The lowest BCUT2D eigenvalue weighted by molar-refractivity contribution is 0.141. The molecule has 3 N–H and O–H groups in total. The number of aromatic nitrogens is 4. The van der Waals surface area contributed by atoms with Crippen LogP contribution in [0.4, 0.5) is 8.78 Å². The molecule has 0 amide bonds. The van der Waals surface area contributed by atoms with Gasteiger partial charge in [-0.05, 0) is 32.3 Å². The van der Waals surface area contributed by atoms with Gasteiger partial charge in [0.25, 0.3) is 6.43 Å². The predicted molar refractivity (Wildman–Crippen MR) is 90.7 cm³/mol. The SMILES string of the molecule is C[C@@H](O)c1nc2cnc3[nH]ccc3c2n1[C@H]1CC[C@H](NCC(F)F)C1. The van der Waals surface area contributed by atoms with Gasteiger partial charge in [-0.15, -0.1) is 0 Å². The number of aliphatic hydroxyl groups excluding tert-OH is 1. The number of imidazole rings is 1. The summed E-state index contributed by atoms with van der Waals surface area (Å²) in [5.41, 5.74) is 2.46. The predicted octanol–water partition coefficient (Wildman–Crippen LogP) is 2.91. The highest BCUT2D eigenvalue weighted by Gasteiger charge is 2.30. The number of hydrogen-bond acceptors (Lipinski definition) is 4. The number of hydrogen-bond donors (Lipinski definition) is 3. The highest BCUT2D eigenvalue weighted by molar-refractivity contribution is 6.01. The summed E-state index contributed by atoms with van der Waals surface area (Å²) in [7, 11) is 0. The van der Waals surface area contributed by atoms with E-state index in [1.54, 1.807) is 13.1 Å². The molecule has 0 bridgehead atoms. The van der Waals surface area contributed by atoms with E-state index in [4.69, 9.17) is 0 Å². The second-order valence-electron chi connectivity index (χ2n) is 6.71. The summed E-state index contributed by atoms with van der Waals surface area (Å²) in [6, 6.07) is 2.13. The number of fused-ring (bicyclic) bond motifs is 3. The van der Waals surface area contributed by atoms with Crippen LogP contribution in [0.15, 0.2) is 18.5 Å². The number of aliphatic hydroxyl groups is 1. The first-order chi connectivity index (χ1) is 12.0. The van der Waals surface area contributed by atoms with Crippen LogP contribution in [0, 0.1) is 0 Å². The molecule has 3 atom stereocenters. The first-order valence-electron chi connectivity index (χ1n) is 8.58. The number of nitrogens with one attached hydrogen (secondary N) is 2. The van der Waals surface area contributed by atoms with E-state index in [0.717, 1.165) is 41.3 Å². The molecule has 3 aromatic rings. The zero-order valence-corrected chi connectivity index (χ0v) is 13.9. The molecule has 8 heteroatoms. The first-order valence-corrected chi connectivity index (χ1v) is 8.58. The average Bonchev–Trinajstić information content (AvgIpc) is 3.28. The number of H-pyrrole nitrogens is 1. The molecule has 1 aliphatic rings. The van der Waals surface area contributed by atoms with Crippen molar-refractivity contribution in [2.24, 2.45) is 0 Å². The van der Waals surface area contributed by atoms with E-state index in [1.807, 2.05) is 12.3 Å². The molecular weight excluding hydrogens is 328 g/mol. The summed E-state index contributed by atoms with van der Waals surface area (Å²) in [5.74, 6) is 0.602. The van der Waals surface area contributed by atoms with Crippen molar-refractivity contribution in [3.63, 3.8) is 0 Å². The van der Waals surface area contributed by atoms with Gasteiger partial charge in [-0.1, -0.05) is 0 Å². The van der Waals surface area contributed by atoms with Crippen LogP contribution < -0.4 is 5.32 Å². The van der Waals surface area contributed by atoms with Gasteiger partial charge in [0.2, 0.25) is 0 Å². The van der Waals surface area contributed by atoms with E-state index in [9.17, 15) is 13.9 Å². The van der Waals surface area contributed by atoms with Gasteiger partial charge in [-0.2, -0.15) is 0 Å². The molecule has 1 fully saturated rings. The maximum atomic E-state index is 12.5. The second kappa shape index (κ2) is 6.34. The molecule has 0 unspecified atom stereocenters. The molecule has 3 heterocycles. The Labute approximate surface area is 143 Å². The second-order valence-corrected chi connectivity index (χ2v) is 6.71. The van der Waals surface area contributed by atoms with Crippen LogP contribution in [0.25, 0.3) is 22.1 Å². The summed E-state index contributed by atoms with van der Waals surface area (Å²) in [6.07, 6.45) is 2.92. The Morgan fingerprint density at radius 2 is 2.28 bits per heavy atom. The molecule has 0 aliphatic heterocycles. The van der Waals surface area contributed by atoms with Crippen molar-refractivity contribution in [1.29, 1.82) is 0 Å². The Kier molecular flexibility index (Phi) is 4.16. The zero-order chi connectivity index (χ0) is 17.6. The Hall–Kier alpha value is -2.06. The van der Waals surface area contributed by atoms with E-state index in [1.165, 1.54) is 0 Å². The number of pyridine rings is 1. The molecule has 4 rings (SSSR count). The normalized spacial score (nSPS) is 22.4. The summed E-state index contributed by atoms with van der Waals surface area (Å²) < 4.78 is 27.0. The van der Waals surface area contributed by atoms with E-state index in [2.05, 4.69) is 24.8 Å². The summed E-state index contributed by atoms with van der Waals surface area (Å²) in [5, 5.41) is 14.1. The largest absolute Gasteiger partial charge is 0.385 e. The lowest BCUT2D eigenvalue weighted by Gasteiger charge is -2.19. The lowest BCUT2D eigenvalue weighted by atomic mass is 10.2. The number of rotatable bonds is 5. The third-order valence-corrected chi connectivity index (χ3v) is 4.97. The fraction of sp³-hybridized carbons (Fsp3) is 0.529. The fourth-order valence-electron chi connectivity index (χ4n) is 3.91. The maximum Gasteiger partial charge on any atom is 0.250 e. The molecule has 0 saturated heterocycles. The number of alkyl halides is 2. The summed E-state index contributed by atoms with van der Waals surface area (Å²) >= 11 is 0. The van der Waals surface area contributed by atoms with Gasteiger partial charge in [0.1, 0.15) is 23.1 Å². The fourth-order valence-corrected chi connectivity index (χ4v) is 3.91. The van der Waals surface area contributed by atoms with Gasteiger partial charge in [0.05, 0.1) is 18.3 Å². The van der Waals surface area contributed by atoms with Crippen LogP contribution in [0.3, 0.4) is 0 Å². The minimum atomic E-state index is -2.34. The quantitative estimate of drug-likeness (QED) is 0.662. The molecule has 1 aliphatic carbocycles. The van der Waals surface area contributed by atoms with Crippen molar-refractivity contribution in [2.75, 3.05) is 6.54 Å². The van der Waals surface area contributed by atoms with Crippen molar-refractivity contribution in [1.82, 2.24) is 24.8 Å². The lowest BCUT2D eigenvalue weighted by Crippen LogP contribution is -2.31. The maximum absolute atomic E-state index is 12.5. The Bertz CT molecular complexity index is 888. The van der Waals surface area contributed by atoms with Crippen molar-refractivity contribution in [3.05, 3.63) is 24.3 Å². The molecule has 0 spiro atoms. The van der Waals surface area contributed by atoms with Crippen LogP contribution in [0.5, 0.6) is 0 Å². The van der Waals surface area contributed by atoms with Gasteiger partial charge < -0.3 is 20.0 Å². The van der Waals surface area contributed by atoms with Crippen molar-refractivity contribution in [3.8, 4) is 0 Å². The van der Waals surface area contributed by atoms with E-state index < -0.39 is 12.5 Å². The molecule has 0 radical (unpaired) electrons. The van der Waals surface area contributed by atoms with Crippen LogP contribution in [0.1, 0.15) is 44.2 Å². The van der Waals surface area contributed by atoms with Crippen LogP contribution in [-0.4, -0.2) is 43.6 Å². The number of aromatic amines is 1. The topological polar surface area (TPSA) is 78.8 Å². The van der Waals surface area contributed by atoms with Gasteiger partial charge in [0.15, 0.2) is 0 Å². The van der Waals surface area contributed by atoms with Gasteiger partial charge >= 0.3 is 0 Å². The molecule has 25 heavy (non-hydrogen) atoms. The monoisotopic (exact) mass is 349 g/mol. The molecule has 0 aromatic carbocycles. The molecule has 6 nitrogen and oxygen atoms in total. The molecule has 1 saturated carbocycles. The van der Waals surface area contributed by atoms with E-state index >= 15 is 0 Å². The molecule has 134 valence electrons. The highest BCUT2D eigenvalue weighted by Crippen LogP contribution is 2.37. The Morgan fingerprint density at radius 1 is 1.44 bits per heavy atom. The van der Waals surface area contributed by atoms with Gasteiger partial charge in [0, 0.05) is 23.7 Å². The third-order valence-electron chi connectivity index (χ3n) is 4.97. The van der Waals surface area contributed by atoms with Crippen LogP contribution in [-0.2, 0) is 0 Å². The zero-order valence-electron chi connectivity index (χ0n) is 13.9. The standard InChI is InChI=1S/C17H21F2N5O/c1-9(25)17-23-13-7-22-16-12(4-5-20-16)15(13)24(17)11-3-2-10(6-11)21-8-14(18)19/h4-5,7,9-11,14,21,25H,2-3,6,8H2,1H3,(H,20,22)/t9-,10+,11+/m1/s1. The van der Waals surface area contributed by atoms with E-state index in [0.29, 0.717) is 5.82 Å². The average molecular weight is 349 g/mol. The molecular formula is C17H21F2N5O. The summed E-state index contributed by atoms with van der Waals surface area (Å²) in [4.78, 5) is 12.0. The summed E-state index contributed by atoms with van der Waals surface area (Å²) in [6.45, 7) is 1.41. The van der Waals surface area contributed by atoms with Crippen molar-refractivity contribution in [2.45, 2.75) is 50.8 Å². The van der Waals surface area contributed by atoms with Crippen LogP contribution >= 0.6 is 0 Å². The Morgan fingerprint density at radius 3 is 3.04 bits per heavy atom. The van der Waals surface area contributed by atoms with Gasteiger partial charge in [-0.3, -0.25) is 0 Å². The van der Waals surface area contributed by atoms with Crippen molar-refractivity contribution < 1.29 is 13.9 Å². The van der Waals surface area contributed by atoms with Crippen LogP contribution in [0.2, 0.25) is 0 Å². The number of nitrogens with zero attached hydrogens (tertiary/aromatic N) is 3. The smallest absolute Gasteiger partial charge is 0.250 e. The highest BCUT2D eigenvalue weighted by atomic mass is 19.3. The van der Waals surface area contributed by atoms with E-state index in [-0.39, 0.29) is 18.6 Å². The minimum absolute atomic E-state index is 0.0573. The minimum Gasteiger partial charge on any atom is -0.385 e. The third kappa shape index (κ3) is 2.89.